The van der Waals surface area contributed by atoms with Crippen LogP contribution in [0.5, 0.6) is 17.5 Å². The number of carbonyl (C=O) groups excluding carboxylic acids is 1. The van der Waals surface area contributed by atoms with Gasteiger partial charge in [0.25, 0.3) is 0 Å². The van der Waals surface area contributed by atoms with Crippen molar-refractivity contribution in [1.82, 2.24) is 4.98 Å². The van der Waals surface area contributed by atoms with E-state index in [1.54, 1.807) is 36.4 Å². The van der Waals surface area contributed by atoms with Crippen LogP contribution < -0.4 is 9.47 Å². The first-order chi connectivity index (χ1) is 8.72. The van der Waals surface area contributed by atoms with Crippen molar-refractivity contribution >= 4 is 17.9 Å². The van der Waals surface area contributed by atoms with E-state index in [0.717, 1.165) is 0 Å². The molecule has 18 heavy (non-hydrogen) atoms. The molecule has 1 aromatic heterocycles. The maximum atomic E-state index is 10.7. The minimum atomic E-state index is 0.233. The molecule has 0 saturated heterocycles. The van der Waals surface area contributed by atoms with E-state index in [9.17, 15) is 4.79 Å². The predicted molar refractivity (Wildman–Crippen MR) is 67.7 cm³/mol. The number of aromatic nitrogens is 1. The van der Waals surface area contributed by atoms with E-state index in [-0.39, 0.29) is 5.88 Å². The first kappa shape index (κ1) is 12.4. The summed E-state index contributed by atoms with van der Waals surface area (Å²) in [6.45, 7) is 0. The molecule has 1 aromatic carbocycles. The second kappa shape index (κ2) is 5.51. The van der Waals surface area contributed by atoms with Crippen LogP contribution in [0.1, 0.15) is 10.4 Å². The average Bonchev–Trinajstić information content (AvgIpc) is 2.41. The molecule has 0 amide bonds. The Morgan fingerprint density at radius 1 is 1.17 bits per heavy atom. The predicted octanol–water partition coefficient (Wildman–Crippen LogP) is 3.35. The number of carbonyl (C=O) groups is 1. The lowest BCUT2D eigenvalue weighted by molar-refractivity contribution is 0.112. The lowest BCUT2D eigenvalue weighted by atomic mass is 10.3. The Morgan fingerprint density at radius 3 is 2.50 bits per heavy atom. The Morgan fingerprint density at radius 2 is 1.89 bits per heavy atom. The number of rotatable bonds is 4. The molecule has 0 atom stereocenters. The Hall–Kier alpha value is -2.07. The lowest BCUT2D eigenvalue weighted by Crippen LogP contribution is -1.96. The van der Waals surface area contributed by atoms with Gasteiger partial charge in [-0.3, -0.25) is 4.79 Å². The fourth-order valence-corrected chi connectivity index (χ4v) is 1.49. The number of benzene rings is 1. The van der Waals surface area contributed by atoms with Crippen LogP contribution in [0.3, 0.4) is 0 Å². The van der Waals surface area contributed by atoms with Crippen molar-refractivity contribution in [2.45, 2.75) is 0 Å². The molecule has 0 radical (unpaired) electrons. The molecular weight excluding hydrogens is 254 g/mol. The Balaban J connectivity index is 2.24. The fourth-order valence-electron chi connectivity index (χ4n) is 1.37. The van der Waals surface area contributed by atoms with E-state index < -0.39 is 0 Å². The van der Waals surface area contributed by atoms with Gasteiger partial charge >= 0.3 is 0 Å². The highest BCUT2D eigenvalue weighted by Crippen LogP contribution is 2.24. The van der Waals surface area contributed by atoms with Crippen molar-refractivity contribution in [3.8, 4) is 17.5 Å². The molecule has 0 unspecified atom stereocenters. The summed E-state index contributed by atoms with van der Waals surface area (Å²) in [5.74, 6) is 1.18. The molecule has 2 aromatic rings. The summed E-state index contributed by atoms with van der Waals surface area (Å²) in [7, 11) is 1.45. The summed E-state index contributed by atoms with van der Waals surface area (Å²) in [6, 6.07) is 10.1. The summed E-state index contributed by atoms with van der Waals surface area (Å²) < 4.78 is 10.5. The van der Waals surface area contributed by atoms with E-state index >= 15 is 0 Å². The average molecular weight is 264 g/mol. The van der Waals surface area contributed by atoms with Gasteiger partial charge in [0.1, 0.15) is 5.75 Å². The van der Waals surface area contributed by atoms with E-state index in [2.05, 4.69) is 4.98 Å². The number of hydrogen-bond donors (Lipinski definition) is 0. The molecule has 5 heteroatoms. The SMILES string of the molecule is COc1nc(Oc2ccc(Cl)cc2)ccc1C=O. The van der Waals surface area contributed by atoms with Gasteiger partial charge < -0.3 is 9.47 Å². The summed E-state index contributed by atoms with van der Waals surface area (Å²) in [5.41, 5.74) is 0.376. The van der Waals surface area contributed by atoms with Crippen LogP contribution in [0, 0.1) is 0 Å². The lowest BCUT2D eigenvalue weighted by Gasteiger charge is -2.07. The summed E-state index contributed by atoms with van der Waals surface area (Å²) in [6.07, 6.45) is 0.678. The number of pyridine rings is 1. The number of aldehydes is 1. The topological polar surface area (TPSA) is 48.4 Å². The van der Waals surface area contributed by atoms with Crippen molar-refractivity contribution in [3.63, 3.8) is 0 Å². The van der Waals surface area contributed by atoms with Crippen LogP contribution in [0.2, 0.25) is 5.02 Å². The molecule has 0 aliphatic rings. The number of halogens is 1. The number of hydrogen-bond acceptors (Lipinski definition) is 4. The van der Waals surface area contributed by atoms with Crippen LogP contribution in [0.25, 0.3) is 0 Å². The van der Waals surface area contributed by atoms with Gasteiger partial charge in [-0.05, 0) is 30.3 Å². The summed E-state index contributed by atoms with van der Waals surface area (Å²) >= 11 is 5.77. The first-order valence-electron chi connectivity index (χ1n) is 5.16. The highest BCUT2D eigenvalue weighted by Gasteiger charge is 2.06. The fraction of sp³-hybridized carbons (Fsp3) is 0.0769. The van der Waals surface area contributed by atoms with Gasteiger partial charge in [0.05, 0.1) is 12.7 Å². The minimum absolute atomic E-state index is 0.233. The normalized spacial score (nSPS) is 9.89. The van der Waals surface area contributed by atoms with Crippen LogP contribution >= 0.6 is 11.6 Å². The molecular formula is C13H10ClNO3. The van der Waals surface area contributed by atoms with Crippen molar-refractivity contribution in [3.05, 3.63) is 47.0 Å². The zero-order valence-corrected chi connectivity index (χ0v) is 10.3. The van der Waals surface area contributed by atoms with E-state index in [1.165, 1.54) is 7.11 Å². The quantitative estimate of drug-likeness (QED) is 0.794. The molecule has 0 aliphatic heterocycles. The second-order valence-corrected chi connectivity index (χ2v) is 3.86. The first-order valence-corrected chi connectivity index (χ1v) is 5.54. The van der Waals surface area contributed by atoms with Gasteiger partial charge in [-0.2, -0.15) is 4.98 Å². The summed E-state index contributed by atoms with van der Waals surface area (Å²) in [5, 5.41) is 0.629. The molecule has 0 bridgehead atoms. The Labute approximate surface area is 109 Å². The maximum Gasteiger partial charge on any atom is 0.227 e. The van der Waals surface area contributed by atoms with Crippen molar-refractivity contribution in [2.24, 2.45) is 0 Å². The van der Waals surface area contributed by atoms with Crippen molar-refractivity contribution in [1.29, 1.82) is 0 Å². The number of methoxy groups -OCH3 is 1. The van der Waals surface area contributed by atoms with E-state index in [4.69, 9.17) is 21.1 Å². The highest BCUT2D eigenvalue weighted by molar-refractivity contribution is 6.30. The van der Waals surface area contributed by atoms with Crippen molar-refractivity contribution < 1.29 is 14.3 Å². The molecule has 0 N–H and O–H groups in total. The smallest absolute Gasteiger partial charge is 0.227 e. The third kappa shape index (κ3) is 2.78. The molecule has 0 spiro atoms. The minimum Gasteiger partial charge on any atom is -0.480 e. The highest BCUT2D eigenvalue weighted by atomic mass is 35.5. The molecule has 0 fully saturated rings. The largest absolute Gasteiger partial charge is 0.480 e. The number of nitrogens with zero attached hydrogens (tertiary/aromatic N) is 1. The molecule has 0 saturated carbocycles. The molecule has 92 valence electrons. The maximum absolute atomic E-state index is 10.7. The van der Waals surface area contributed by atoms with Gasteiger partial charge in [0.2, 0.25) is 11.8 Å². The van der Waals surface area contributed by atoms with Crippen LogP contribution in [-0.2, 0) is 0 Å². The van der Waals surface area contributed by atoms with Crippen LogP contribution in [-0.4, -0.2) is 18.4 Å². The Bertz CT molecular complexity index is 555. The zero-order valence-electron chi connectivity index (χ0n) is 9.59. The zero-order chi connectivity index (χ0) is 13.0. The monoisotopic (exact) mass is 263 g/mol. The van der Waals surface area contributed by atoms with Gasteiger partial charge in [0, 0.05) is 11.1 Å². The molecule has 4 nitrogen and oxygen atoms in total. The number of ether oxygens (including phenoxy) is 2. The van der Waals surface area contributed by atoms with Crippen LogP contribution in [0.4, 0.5) is 0 Å². The third-order valence-corrected chi connectivity index (χ3v) is 2.47. The second-order valence-electron chi connectivity index (χ2n) is 3.42. The van der Waals surface area contributed by atoms with E-state index in [1.807, 2.05) is 0 Å². The van der Waals surface area contributed by atoms with Crippen LogP contribution in [0.15, 0.2) is 36.4 Å². The molecule has 1 heterocycles. The van der Waals surface area contributed by atoms with Crippen molar-refractivity contribution in [2.75, 3.05) is 7.11 Å². The molecule has 2 rings (SSSR count). The third-order valence-electron chi connectivity index (χ3n) is 2.22. The van der Waals surface area contributed by atoms with E-state index in [0.29, 0.717) is 28.5 Å². The molecule has 0 aliphatic carbocycles. The standard InChI is InChI=1S/C13H10ClNO3/c1-17-13-9(8-16)2-7-12(15-13)18-11-5-3-10(14)4-6-11/h2-8H,1H3. The summed E-state index contributed by atoms with van der Waals surface area (Å²) in [4.78, 5) is 14.8. The van der Waals surface area contributed by atoms with Gasteiger partial charge in [-0.25, -0.2) is 0 Å². The Kier molecular flexibility index (Phi) is 3.79. The van der Waals surface area contributed by atoms with Gasteiger partial charge in [0.15, 0.2) is 6.29 Å². The van der Waals surface area contributed by atoms with Gasteiger partial charge in [-0.15, -0.1) is 0 Å². The van der Waals surface area contributed by atoms with Gasteiger partial charge in [-0.1, -0.05) is 11.6 Å².